The minimum atomic E-state index is -0.395. The van der Waals surface area contributed by atoms with E-state index in [2.05, 4.69) is 5.16 Å². The number of amidine groups is 1. The van der Waals surface area contributed by atoms with Crippen molar-refractivity contribution in [2.45, 2.75) is 10.6 Å². The van der Waals surface area contributed by atoms with E-state index in [0.29, 0.717) is 21.9 Å². The van der Waals surface area contributed by atoms with Gasteiger partial charge in [0.15, 0.2) is 5.84 Å². The highest BCUT2D eigenvalue weighted by atomic mass is 35.5. The molecule has 6 heteroatoms. The van der Waals surface area contributed by atoms with Crippen LogP contribution in [0.5, 0.6) is 0 Å². The summed E-state index contributed by atoms with van der Waals surface area (Å²) >= 11 is 7.49. The predicted molar refractivity (Wildman–Crippen MR) is 79.9 cm³/mol. The first kappa shape index (κ1) is 14.7. The Morgan fingerprint density at radius 2 is 2.05 bits per heavy atom. The number of hydrogen-bond donors (Lipinski definition) is 2. The molecule has 3 N–H and O–H groups in total. The first-order chi connectivity index (χ1) is 9.61. The first-order valence-corrected chi connectivity index (χ1v) is 7.12. The SMILES string of the molecule is N/C(=N\O)c1ccc(CSc2ccccc2Cl)c(F)c1. The first-order valence-electron chi connectivity index (χ1n) is 5.75. The Hall–Kier alpha value is -1.72. The van der Waals surface area contributed by atoms with Gasteiger partial charge in [0.2, 0.25) is 0 Å². The molecule has 2 aromatic carbocycles. The summed E-state index contributed by atoms with van der Waals surface area (Å²) in [5.41, 5.74) is 6.28. The summed E-state index contributed by atoms with van der Waals surface area (Å²) in [6, 6.07) is 11.9. The van der Waals surface area contributed by atoms with E-state index >= 15 is 0 Å². The highest BCUT2D eigenvalue weighted by molar-refractivity contribution is 7.98. The molecule has 0 aliphatic carbocycles. The molecule has 2 rings (SSSR count). The van der Waals surface area contributed by atoms with E-state index in [1.165, 1.54) is 17.8 Å². The van der Waals surface area contributed by atoms with Gasteiger partial charge in [0.25, 0.3) is 0 Å². The summed E-state index contributed by atoms with van der Waals surface area (Å²) in [4.78, 5) is 0.897. The zero-order chi connectivity index (χ0) is 14.5. The zero-order valence-corrected chi connectivity index (χ0v) is 12.0. The van der Waals surface area contributed by atoms with Crippen molar-refractivity contribution in [3.63, 3.8) is 0 Å². The van der Waals surface area contributed by atoms with Gasteiger partial charge in [0.1, 0.15) is 5.82 Å². The molecule has 0 amide bonds. The second kappa shape index (κ2) is 6.63. The van der Waals surface area contributed by atoms with Gasteiger partial charge in [0, 0.05) is 16.2 Å². The van der Waals surface area contributed by atoms with Crippen molar-refractivity contribution in [3.05, 3.63) is 64.4 Å². The number of oxime groups is 1. The molecule has 0 radical (unpaired) electrons. The molecule has 0 unspecified atom stereocenters. The standard InChI is InChI=1S/C14H12ClFN2OS/c15-11-3-1-2-4-13(11)20-8-10-6-5-9(7-12(10)16)14(17)18-19/h1-7,19H,8H2,(H2,17,18). The van der Waals surface area contributed by atoms with Crippen LogP contribution in [0.3, 0.4) is 0 Å². The van der Waals surface area contributed by atoms with Crippen LogP contribution < -0.4 is 5.73 Å². The van der Waals surface area contributed by atoms with E-state index in [-0.39, 0.29) is 5.84 Å². The van der Waals surface area contributed by atoms with Crippen LogP contribution in [0, 0.1) is 5.82 Å². The van der Waals surface area contributed by atoms with Crippen LogP contribution in [-0.4, -0.2) is 11.0 Å². The van der Waals surface area contributed by atoms with Crippen LogP contribution in [0.2, 0.25) is 5.02 Å². The van der Waals surface area contributed by atoms with E-state index in [1.807, 2.05) is 18.2 Å². The lowest BCUT2D eigenvalue weighted by Crippen LogP contribution is -2.13. The number of nitrogens with two attached hydrogens (primary N) is 1. The van der Waals surface area contributed by atoms with Gasteiger partial charge in [-0.15, -0.1) is 11.8 Å². The molecule has 2 aromatic rings. The summed E-state index contributed by atoms with van der Waals surface area (Å²) in [6.07, 6.45) is 0. The highest BCUT2D eigenvalue weighted by Gasteiger charge is 2.08. The fourth-order valence-corrected chi connectivity index (χ4v) is 2.82. The maximum absolute atomic E-state index is 13.9. The Morgan fingerprint density at radius 3 is 2.70 bits per heavy atom. The molecule has 0 spiro atoms. The van der Waals surface area contributed by atoms with Gasteiger partial charge in [-0.05, 0) is 23.8 Å². The molecule has 0 bridgehead atoms. The van der Waals surface area contributed by atoms with E-state index in [0.717, 1.165) is 4.90 Å². The van der Waals surface area contributed by atoms with Crippen molar-refractivity contribution >= 4 is 29.2 Å². The second-order valence-electron chi connectivity index (χ2n) is 4.01. The summed E-state index contributed by atoms with van der Waals surface area (Å²) in [7, 11) is 0. The molecule has 0 aromatic heterocycles. The quantitative estimate of drug-likeness (QED) is 0.296. The Kier molecular flexibility index (Phi) is 4.87. The average Bonchev–Trinajstić information content (AvgIpc) is 2.46. The van der Waals surface area contributed by atoms with Gasteiger partial charge < -0.3 is 10.9 Å². The molecular formula is C14H12ClFN2OS. The zero-order valence-electron chi connectivity index (χ0n) is 10.4. The number of halogens is 2. The summed E-state index contributed by atoms with van der Waals surface area (Å²) in [5, 5.41) is 12.0. The van der Waals surface area contributed by atoms with Crippen LogP contribution in [0.1, 0.15) is 11.1 Å². The van der Waals surface area contributed by atoms with E-state index < -0.39 is 5.82 Å². The number of benzene rings is 2. The fraction of sp³-hybridized carbons (Fsp3) is 0.0714. The largest absolute Gasteiger partial charge is 0.409 e. The lowest BCUT2D eigenvalue weighted by atomic mass is 10.1. The number of rotatable bonds is 4. The van der Waals surface area contributed by atoms with Gasteiger partial charge >= 0.3 is 0 Å². The minimum absolute atomic E-state index is 0.116. The normalized spacial score (nSPS) is 11.6. The Labute approximate surface area is 125 Å². The van der Waals surface area contributed by atoms with Crippen molar-refractivity contribution in [2.24, 2.45) is 10.9 Å². The number of hydrogen-bond acceptors (Lipinski definition) is 3. The van der Waals surface area contributed by atoms with E-state index in [4.69, 9.17) is 22.5 Å². The molecule has 0 saturated heterocycles. The molecule has 0 atom stereocenters. The van der Waals surface area contributed by atoms with Gasteiger partial charge in [-0.25, -0.2) is 4.39 Å². The molecule has 0 aliphatic rings. The Bertz CT molecular complexity index is 649. The van der Waals surface area contributed by atoms with Crippen LogP contribution >= 0.6 is 23.4 Å². The fourth-order valence-electron chi connectivity index (χ4n) is 1.60. The summed E-state index contributed by atoms with van der Waals surface area (Å²) in [5.74, 6) is -0.0608. The van der Waals surface area contributed by atoms with Gasteiger partial charge in [-0.1, -0.05) is 41.0 Å². The van der Waals surface area contributed by atoms with Gasteiger partial charge in [-0.3, -0.25) is 0 Å². The number of thioether (sulfide) groups is 1. The monoisotopic (exact) mass is 310 g/mol. The van der Waals surface area contributed by atoms with Crippen molar-refractivity contribution in [3.8, 4) is 0 Å². The van der Waals surface area contributed by atoms with Crippen molar-refractivity contribution in [1.82, 2.24) is 0 Å². The van der Waals surface area contributed by atoms with Crippen molar-refractivity contribution in [1.29, 1.82) is 0 Å². The predicted octanol–water partition coefficient (Wildman–Crippen LogP) is 3.87. The Morgan fingerprint density at radius 1 is 1.30 bits per heavy atom. The topological polar surface area (TPSA) is 58.6 Å². The van der Waals surface area contributed by atoms with Gasteiger partial charge in [-0.2, -0.15) is 0 Å². The number of nitrogens with zero attached hydrogens (tertiary/aromatic N) is 1. The molecule has 0 heterocycles. The molecule has 3 nitrogen and oxygen atoms in total. The van der Waals surface area contributed by atoms with Crippen LogP contribution in [0.4, 0.5) is 4.39 Å². The molecule has 20 heavy (non-hydrogen) atoms. The maximum atomic E-state index is 13.9. The van der Waals surface area contributed by atoms with Crippen molar-refractivity contribution < 1.29 is 9.60 Å². The third kappa shape index (κ3) is 3.43. The van der Waals surface area contributed by atoms with Crippen LogP contribution in [-0.2, 0) is 5.75 Å². The Balaban J connectivity index is 2.13. The smallest absolute Gasteiger partial charge is 0.170 e. The molecule has 0 saturated carbocycles. The molecule has 0 aliphatic heterocycles. The molecule has 0 fully saturated rings. The highest BCUT2D eigenvalue weighted by Crippen LogP contribution is 2.30. The van der Waals surface area contributed by atoms with E-state index in [9.17, 15) is 4.39 Å². The van der Waals surface area contributed by atoms with Gasteiger partial charge in [0.05, 0.1) is 5.02 Å². The van der Waals surface area contributed by atoms with Crippen molar-refractivity contribution in [2.75, 3.05) is 0 Å². The third-order valence-corrected chi connectivity index (χ3v) is 4.24. The van der Waals surface area contributed by atoms with E-state index in [1.54, 1.807) is 18.2 Å². The molecular weight excluding hydrogens is 299 g/mol. The second-order valence-corrected chi connectivity index (χ2v) is 5.43. The maximum Gasteiger partial charge on any atom is 0.170 e. The van der Waals surface area contributed by atoms with Crippen LogP contribution in [0.25, 0.3) is 0 Å². The minimum Gasteiger partial charge on any atom is -0.409 e. The molecule has 104 valence electrons. The summed E-state index contributed by atoms with van der Waals surface area (Å²) in [6.45, 7) is 0. The third-order valence-electron chi connectivity index (χ3n) is 2.68. The van der Waals surface area contributed by atoms with Crippen LogP contribution in [0.15, 0.2) is 52.5 Å². The lowest BCUT2D eigenvalue weighted by Gasteiger charge is -2.06. The summed E-state index contributed by atoms with van der Waals surface area (Å²) < 4.78 is 13.9. The average molecular weight is 311 g/mol. The lowest BCUT2D eigenvalue weighted by molar-refractivity contribution is 0.318.